The second kappa shape index (κ2) is 8.97. The summed E-state index contributed by atoms with van der Waals surface area (Å²) < 4.78 is 44.0. The normalized spacial score (nSPS) is 14.5. The predicted octanol–water partition coefficient (Wildman–Crippen LogP) is 5.01. The Labute approximate surface area is 176 Å². The van der Waals surface area contributed by atoms with E-state index in [2.05, 4.69) is 24.9 Å². The lowest BCUT2D eigenvalue weighted by molar-refractivity contribution is -0.137. The average molecular weight is 429 g/mol. The molecule has 0 atom stereocenters. The summed E-state index contributed by atoms with van der Waals surface area (Å²) in [6, 6.07) is 5.31. The van der Waals surface area contributed by atoms with Crippen molar-refractivity contribution in [2.24, 2.45) is 0 Å². The number of imidazole rings is 1. The van der Waals surface area contributed by atoms with Crippen molar-refractivity contribution in [2.45, 2.75) is 38.8 Å². The molecule has 1 N–H and O–H groups in total. The molecule has 4 aromatic rings. The van der Waals surface area contributed by atoms with E-state index in [0.717, 1.165) is 36.7 Å². The molecule has 1 fully saturated rings. The Hall–Kier alpha value is -3.07. The van der Waals surface area contributed by atoms with Crippen molar-refractivity contribution in [1.29, 1.82) is 0 Å². The van der Waals surface area contributed by atoms with Crippen molar-refractivity contribution < 1.29 is 17.9 Å². The Morgan fingerprint density at radius 2 is 1.84 bits per heavy atom. The van der Waals surface area contributed by atoms with Crippen molar-refractivity contribution in [2.75, 3.05) is 13.2 Å². The number of pyridine rings is 1. The molecule has 1 aromatic carbocycles. The fraction of sp³-hybridized carbons (Fsp3) is 0.364. The number of benzene rings is 1. The van der Waals surface area contributed by atoms with E-state index >= 15 is 0 Å². The number of rotatable bonds is 2. The molecular weight excluding hydrogens is 407 g/mol. The lowest BCUT2D eigenvalue weighted by Gasteiger charge is -2.08. The highest BCUT2D eigenvalue weighted by molar-refractivity contribution is 6.02. The number of hydrogen-bond acceptors (Lipinski definition) is 5. The molecule has 5 rings (SSSR count). The molecular formula is C22H22F3N5O. The molecule has 3 aromatic heterocycles. The van der Waals surface area contributed by atoms with Crippen molar-refractivity contribution in [3.63, 3.8) is 0 Å². The van der Waals surface area contributed by atoms with Crippen LogP contribution in [0.1, 0.15) is 42.0 Å². The summed E-state index contributed by atoms with van der Waals surface area (Å²) in [7, 11) is 0. The quantitative estimate of drug-likeness (QED) is 0.485. The summed E-state index contributed by atoms with van der Waals surface area (Å²) >= 11 is 0. The fourth-order valence-electron chi connectivity index (χ4n) is 3.43. The first-order valence-corrected chi connectivity index (χ1v) is 10.1. The molecule has 0 aliphatic carbocycles. The van der Waals surface area contributed by atoms with E-state index in [1.807, 2.05) is 13.0 Å². The first kappa shape index (κ1) is 21.2. The lowest BCUT2D eigenvalue weighted by atomic mass is 10.1. The molecule has 1 saturated heterocycles. The summed E-state index contributed by atoms with van der Waals surface area (Å²) in [6.07, 6.45) is 3.00. The summed E-state index contributed by atoms with van der Waals surface area (Å²) in [4.78, 5) is 20.0. The van der Waals surface area contributed by atoms with Gasteiger partial charge in [-0.25, -0.2) is 15.0 Å². The number of fused-ring (bicyclic) bond motifs is 3. The van der Waals surface area contributed by atoms with E-state index in [9.17, 15) is 13.2 Å². The van der Waals surface area contributed by atoms with Gasteiger partial charge in [-0.15, -0.1) is 0 Å². The van der Waals surface area contributed by atoms with E-state index in [0.29, 0.717) is 34.2 Å². The maximum atomic E-state index is 13.0. The van der Waals surface area contributed by atoms with Gasteiger partial charge in [0, 0.05) is 30.7 Å². The van der Waals surface area contributed by atoms with Gasteiger partial charge in [-0.05, 0) is 50.5 Å². The number of alkyl halides is 3. The zero-order chi connectivity index (χ0) is 21.8. The van der Waals surface area contributed by atoms with Gasteiger partial charge in [-0.2, -0.15) is 13.2 Å². The summed E-state index contributed by atoms with van der Waals surface area (Å²) in [5.74, 6) is 0.611. The van der Waals surface area contributed by atoms with Crippen LogP contribution in [0.2, 0.25) is 0 Å². The molecule has 0 bridgehead atoms. The van der Waals surface area contributed by atoms with E-state index in [4.69, 9.17) is 4.74 Å². The van der Waals surface area contributed by atoms with Crippen LogP contribution < -0.4 is 0 Å². The average Bonchev–Trinajstić information content (AvgIpc) is 3.17. The zero-order valence-corrected chi connectivity index (χ0v) is 17.0. The molecule has 0 radical (unpaired) electrons. The van der Waals surface area contributed by atoms with Crippen LogP contribution in [0.5, 0.6) is 0 Å². The fourth-order valence-corrected chi connectivity index (χ4v) is 3.43. The Bertz CT molecular complexity index is 1170. The molecule has 0 saturated carbocycles. The van der Waals surface area contributed by atoms with Gasteiger partial charge in [0.05, 0.1) is 34.0 Å². The predicted molar refractivity (Wildman–Crippen MR) is 111 cm³/mol. The Balaban J connectivity index is 0.000000334. The third-order valence-electron chi connectivity index (χ3n) is 4.98. The molecule has 1 aliphatic rings. The number of nitrogens with one attached hydrogen (secondary N) is 1. The van der Waals surface area contributed by atoms with Crippen molar-refractivity contribution in [1.82, 2.24) is 24.9 Å². The minimum Gasteiger partial charge on any atom is -0.381 e. The maximum absolute atomic E-state index is 13.0. The third kappa shape index (κ3) is 5.16. The minimum atomic E-state index is -4.41. The highest BCUT2D eigenvalue weighted by Crippen LogP contribution is 2.32. The van der Waals surface area contributed by atoms with Gasteiger partial charge in [-0.1, -0.05) is 0 Å². The molecule has 1 aliphatic heterocycles. The van der Waals surface area contributed by atoms with Gasteiger partial charge in [0.2, 0.25) is 0 Å². The molecule has 0 unspecified atom stereocenters. The highest BCUT2D eigenvalue weighted by Gasteiger charge is 2.30. The number of ether oxygens (including phenoxy) is 1. The smallest absolute Gasteiger partial charge is 0.381 e. The Morgan fingerprint density at radius 3 is 2.48 bits per heavy atom. The second-order valence-electron chi connectivity index (χ2n) is 7.43. The molecule has 162 valence electrons. The van der Waals surface area contributed by atoms with Gasteiger partial charge in [-0.3, -0.25) is 4.98 Å². The van der Waals surface area contributed by atoms with Gasteiger partial charge < -0.3 is 9.72 Å². The summed E-state index contributed by atoms with van der Waals surface area (Å²) in [6.45, 7) is 3.86. The van der Waals surface area contributed by atoms with Crippen LogP contribution in [-0.4, -0.2) is 38.1 Å². The number of hydrogen-bond donors (Lipinski definition) is 1. The Morgan fingerprint density at radius 1 is 1.03 bits per heavy atom. The zero-order valence-electron chi connectivity index (χ0n) is 17.0. The van der Waals surface area contributed by atoms with Crippen LogP contribution in [0.15, 0.2) is 36.8 Å². The highest BCUT2D eigenvalue weighted by atomic mass is 19.4. The van der Waals surface area contributed by atoms with Gasteiger partial charge in [0.25, 0.3) is 0 Å². The topological polar surface area (TPSA) is 76.6 Å². The van der Waals surface area contributed by atoms with Crippen molar-refractivity contribution in [3.05, 3.63) is 59.6 Å². The van der Waals surface area contributed by atoms with Gasteiger partial charge in [0.1, 0.15) is 12.2 Å². The maximum Gasteiger partial charge on any atom is 0.416 e. The largest absolute Gasteiger partial charge is 0.416 e. The van der Waals surface area contributed by atoms with Crippen LogP contribution in [-0.2, 0) is 17.3 Å². The van der Waals surface area contributed by atoms with Gasteiger partial charge in [0.15, 0.2) is 0 Å². The number of aryl methyl sites for hydroxylation is 1. The third-order valence-corrected chi connectivity index (χ3v) is 4.98. The lowest BCUT2D eigenvalue weighted by Crippen LogP contribution is -2.04. The molecule has 4 heterocycles. The second-order valence-corrected chi connectivity index (χ2v) is 7.43. The number of H-pyrrole nitrogens is 1. The Kier molecular flexibility index (Phi) is 6.13. The van der Waals surface area contributed by atoms with Gasteiger partial charge >= 0.3 is 6.18 Å². The van der Waals surface area contributed by atoms with Crippen LogP contribution in [0.3, 0.4) is 0 Å². The molecule has 9 heteroatoms. The first-order valence-electron chi connectivity index (χ1n) is 10.1. The first-order chi connectivity index (χ1) is 14.9. The van der Waals surface area contributed by atoms with Crippen LogP contribution in [0.25, 0.3) is 21.9 Å². The van der Waals surface area contributed by atoms with E-state index < -0.39 is 11.7 Å². The van der Waals surface area contributed by atoms with Crippen molar-refractivity contribution >= 4 is 21.9 Å². The minimum absolute atomic E-state index is 0.369. The molecule has 6 nitrogen and oxygen atoms in total. The van der Waals surface area contributed by atoms with Crippen LogP contribution in [0.4, 0.5) is 13.2 Å². The SMILES string of the molecule is C1CCOCC1.Cc1cc(Cc2nc3c(cnc4ccc(C(F)(F)F)cc43)[nH]2)ncn1. The molecule has 31 heavy (non-hydrogen) atoms. The van der Waals surface area contributed by atoms with E-state index in [-0.39, 0.29) is 0 Å². The molecule has 0 amide bonds. The van der Waals surface area contributed by atoms with E-state index in [1.165, 1.54) is 31.7 Å². The number of nitrogens with zero attached hydrogens (tertiary/aromatic N) is 4. The van der Waals surface area contributed by atoms with Crippen molar-refractivity contribution in [3.8, 4) is 0 Å². The summed E-state index contributed by atoms with van der Waals surface area (Å²) in [5.41, 5.74) is 2.43. The summed E-state index contributed by atoms with van der Waals surface area (Å²) in [5, 5.41) is 0.369. The standard InChI is InChI=1S/C17H12F3N5.C5H10O/c1-9-4-11(23-8-22-9)6-15-24-14-7-21-13-3-2-10(17(18,19)20)5-12(13)16(14)25-15;1-2-4-6-5-3-1/h2-5,7-8H,6H2,1H3,(H,24,25);1-5H2. The monoisotopic (exact) mass is 429 g/mol. The van der Waals surface area contributed by atoms with E-state index in [1.54, 1.807) is 6.20 Å². The number of aromatic nitrogens is 5. The number of aromatic amines is 1. The van der Waals surface area contributed by atoms with Crippen LogP contribution in [0, 0.1) is 6.92 Å². The molecule has 0 spiro atoms. The van der Waals surface area contributed by atoms with Crippen LogP contribution >= 0.6 is 0 Å². The number of halogens is 3.